The van der Waals surface area contributed by atoms with Gasteiger partial charge in [0.1, 0.15) is 0 Å². The molecule has 1 saturated heterocycles. The lowest BCUT2D eigenvalue weighted by Crippen LogP contribution is -2.39. The first kappa shape index (κ1) is 16.4. The van der Waals surface area contributed by atoms with Crippen molar-refractivity contribution in [2.24, 2.45) is 7.05 Å². The highest BCUT2D eigenvalue weighted by atomic mass is 16.4. The zero-order chi connectivity index (χ0) is 17.9. The Morgan fingerprint density at radius 1 is 1.27 bits per heavy atom. The molecule has 2 amide bonds. The van der Waals surface area contributed by atoms with Gasteiger partial charge in [-0.1, -0.05) is 30.3 Å². The number of hydrogen-bond donors (Lipinski definition) is 1. The number of nitrogens with zero attached hydrogens (tertiary/aromatic N) is 3. The lowest BCUT2D eigenvalue weighted by atomic mass is 10.1. The molecule has 1 atom stereocenters. The largest absolute Gasteiger partial charge is 0.439 e. The number of benzene rings is 1. The highest BCUT2D eigenvalue weighted by molar-refractivity contribution is 5.75. The van der Waals surface area contributed by atoms with Crippen molar-refractivity contribution in [3.05, 3.63) is 66.4 Å². The molecule has 6 heteroatoms. The summed E-state index contributed by atoms with van der Waals surface area (Å²) in [6.45, 7) is 1.05. The van der Waals surface area contributed by atoms with Crippen LogP contribution in [0.3, 0.4) is 0 Å². The normalized spacial score (nSPS) is 16.8. The third-order valence-electron chi connectivity index (χ3n) is 4.84. The van der Waals surface area contributed by atoms with Crippen molar-refractivity contribution in [2.75, 3.05) is 6.54 Å². The third-order valence-corrected chi connectivity index (χ3v) is 4.84. The minimum absolute atomic E-state index is 0.0758. The van der Waals surface area contributed by atoms with Crippen LogP contribution in [0.1, 0.15) is 30.5 Å². The molecule has 1 N–H and O–H groups in total. The minimum atomic E-state index is -0.0758. The van der Waals surface area contributed by atoms with Crippen LogP contribution >= 0.6 is 0 Å². The molecule has 0 aliphatic carbocycles. The predicted molar refractivity (Wildman–Crippen MR) is 98.3 cm³/mol. The molecule has 1 aliphatic heterocycles. The van der Waals surface area contributed by atoms with Gasteiger partial charge in [-0.15, -0.1) is 0 Å². The van der Waals surface area contributed by atoms with E-state index in [1.54, 1.807) is 6.20 Å². The highest BCUT2D eigenvalue weighted by Gasteiger charge is 2.31. The molecule has 3 aromatic rings. The summed E-state index contributed by atoms with van der Waals surface area (Å²) >= 11 is 0. The monoisotopic (exact) mass is 350 g/mol. The first-order valence-electron chi connectivity index (χ1n) is 8.88. The Kier molecular flexibility index (Phi) is 4.48. The summed E-state index contributed by atoms with van der Waals surface area (Å²) < 4.78 is 7.83. The Morgan fingerprint density at radius 3 is 2.88 bits per heavy atom. The molecule has 1 aromatic carbocycles. The van der Waals surface area contributed by atoms with E-state index in [2.05, 4.69) is 20.9 Å². The number of aromatic nitrogens is 2. The predicted octanol–water partition coefficient (Wildman–Crippen LogP) is 3.73. The molecule has 26 heavy (non-hydrogen) atoms. The number of aryl methyl sites for hydroxylation is 1. The van der Waals surface area contributed by atoms with E-state index in [0.717, 1.165) is 24.9 Å². The molecular formula is C20H22N4O2. The van der Waals surface area contributed by atoms with E-state index in [-0.39, 0.29) is 18.6 Å². The number of hydrogen-bond acceptors (Lipinski definition) is 3. The van der Waals surface area contributed by atoms with Crippen LogP contribution < -0.4 is 5.32 Å². The van der Waals surface area contributed by atoms with Crippen LogP contribution in [0, 0.1) is 0 Å². The third kappa shape index (κ3) is 3.22. The van der Waals surface area contributed by atoms with E-state index >= 15 is 0 Å². The van der Waals surface area contributed by atoms with Crippen molar-refractivity contribution in [1.29, 1.82) is 0 Å². The van der Waals surface area contributed by atoms with Gasteiger partial charge in [0.05, 0.1) is 18.8 Å². The number of carbonyl (C=O) groups excluding carboxylic acids is 1. The molecule has 0 spiro atoms. The minimum Gasteiger partial charge on any atom is -0.439 e. The fourth-order valence-electron chi connectivity index (χ4n) is 3.52. The summed E-state index contributed by atoms with van der Waals surface area (Å²) in [5.74, 6) is 1.21. The van der Waals surface area contributed by atoms with Crippen LogP contribution in [0.5, 0.6) is 0 Å². The van der Waals surface area contributed by atoms with Crippen LogP contribution in [-0.2, 0) is 13.6 Å². The molecule has 6 nitrogen and oxygen atoms in total. The molecule has 1 fully saturated rings. The van der Waals surface area contributed by atoms with E-state index < -0.39 is 0 Å². The highest BCUT2D eigenvalue weighted by Crippen LogP contribution is 2.31. The van der Waals surface area contributed by atoms with Crippen LogP contribution in [0.25, 0.3) is 11.3 Å². The number of carbonyl (C=O) groups is 1. The Balaban J connectivity index is 1.40. The Labute approximate surface area is 152 Å². The van der Waals surface area contributed by atoms with Crippen molar-refractivity contribution in [3.8, 4) is 11.3 Å². The van der Waals surface area contributed by atoms with Crippen molar-refractivity contribution < 1.29 is 9.21 Å². The fourth-order valence-corrected chi connectivity index (χ4v) is 3.52. The van der Waals surface area contributed by atoms with Gasteiger partial charge >= 0.3 is 6.03 Å². The zero-order valence-electron chi connectivity index (χ0n) is 14.8. The summed E-state index contributed by atoms with van der Waals surface area (Å²) in [6, 6.07) is 14.0. The first-order valence-corrected chi connectivity index (χ1v) is 8.88. The molecule has 2 aromatic heterocycles. The first-order chi connectivity index (χ1) is 12.7. The molecule has 3 heterocycles. The lowest BCUT2D eigenvalue weighted by molar-refractivity contribution is 0.190. The standard InChI is InChI=1S/C20H22N4O2/c1-23-11-5-9-16(23)17-10-6-12-24(17)20(25)22-14-19-21-13-18(26-19)15-7-3-2-4-8-15/h2-5,7-9,11,13,17H,6,10,12,14H2,1H3,(H,22,25)/t17-/m1/s1. The van der Waals surface area contributed by atoms with Gasteiger partial charge in [-0.2, -0.15) is 0 Å². The summed E-state index contributed by atoms with van der Waals surface area (Å²) in [6.07, 6.45) is 5.71. The zero-order valence-corrected chi connectivity index (χ0v) is 14.8. The second kappa shape index (κ2) is 7.07. The second-order valence-electron chi connectivity index (χ2n) is 6.54. The summed E-state index contributed by atoms with van der Waals surface area (Å²) in [5.41, 5.74) is 2.14. The van der Waals surface area contributed by atoms with Crippen molar-refractivity contribution in [3.63, 3.8) is 0 Å². The van der Waals surface area contributed by atoms with Crippen LogP contribution in [-0.4, -0.2) is 27.0 Å². The van der Waals surface area contributed by atoms with Crippen molar-refractivity contribution in [1.82, 2.24) is 19.8 Å². The maximum Gasteiger partial charge on any atom is 0.318 e. The lowest BCUT2D eigenvalue weighted by Gasteiger charge is -2.25. The molecule has 0 bridgehead atoms. The molecule has 0 unspecified atom stereocenters. The molecule has 1 aliphatic rings. The summed E-state index contributed by atoms with van der Waals surface area (Å²) in [7, 11) is 2.02. The number of amides is 2. The molecule has 4 rings (SSSR count). The Morgan fingerprint density at radius 2 is 2.12 bits per heavy atom. The van der Waals surface area contributed by atoms with E-state index in [4.69, 9.17) is 4.42 Å². The summed E-state index contributed by atoms with van der Waals surface area (Å²) in [4.78, 5) is 18.8. The molecule has 134 valence electrons. The smallest absolute Gasteiger partial charge is 0.318 e. The number of urea groups is 1. The van der Waals surface area contributed by atoms with Crippen LogP contribution in [0.2, 0.25) is 0 Å². The Hall–Kier alpha value is -3.02. The van der Waals surface area contributed by atoms with Gasteiger partial charge in [0, 0.05) is 31.0 Å². The molecule has 0 saturated carbocycles. The summed E-state index contributed by atoms with van der Waals surface area (Å²) in [5, 5.41) is 2.94. The van der Waals surface area contributed by atoms with Crippen molar-refractivity contribution in [2.45, 2.75) is 25.4 Å². The van der Waals surface area contributed by atoms with Gasteiger partial charge < -0.3 is 19.2 Å². The maximum atomic E-state index is 12.6. The average molecular weight is 350 g/mol. The van der Waals surface area contributed by atoms with Gasteiger partial charge in [-0.25, -0.2) is 9.78 Å². The topological polar surface area (TPSA) is 63.3 Å². The van der Waals surface area contributed by atoms with E-state index in [1.807, 2.05) is 54.5 Å². The molecular weight excluding hydrogens is 328 g/mol. The van der Waals surface area contributed by atoms with Crippen LogP contribution in [0.15, 0.2) is 59.3 Å². The fraction of sp³-hybridized carbons (Fsp3) is 0.300. The number of rotatable bonds is 4. The van der Waals surface area contributed by atoms with Gasteiger partial charge in [0.15, 0.2) is 5.76 Å². The molecule has 0 radical (unpaired) electrons. The van der Waals surface area contributed by atoms with Gasteiger partial charge in [0.25, 0.3) is 0 Å². The van der Waals surface area contributed by atoms with E-state index in [1.165, 1.54) is 5.69 Å². The quantitative estimate of drug-likeness (QED) is 0.780. The Bertz CT molecular complexity index is 884. The SMILES string of the molecule is Cn1cccc1[C@H]1CCCN1C(=O)NCc1ncc(-c2ccccc2)o1. The van der Waals surface area contributed by atoms with Crippen molar-refractivity contribution >= 4 is 6.03 Å². The number of nitrogens with one attached hydrogen (secondary N) is 1. The second-order valence-corrected chi connectivity index (χ2v) is 6.54. The maximum absolute atomic E-state index is 12.6. The number of oxazole rings is 1. The van der Waals surface area contributed by atoms with Crippen LogP contribution in [0.4, 0.5) is 4.79 Å². The number of likely N-dealkylation sites (tertiary alicyclic amines) is 1. The van der Waals surface area contributed by atoms with E-state index in [0.29, 0.717) is 11.7 Å². The van der Waals surface area contributed by atoms with E-state index in [9.17, 15) is 4.79 Å². The van der Waals surface area contributed by atoms with Gasteiger partial charge in [0.2, 0.25) is 5.89 Å². The van der Waals surface area contributed by atoms with Gasteiger partial charge in [-0.3, -0.25) is 0 Å². The van der Waals surface area contributed by atoms with Gasteiger partial charge in [-0.05, 0) is 25.0 Å². The average Bonchev–Trinajstić information content (AvgIpc) is 3.40.